The van der Waals surface area contributed by atoms with Gasteiger partial charge in [-0.1, -0.05) is 0 Å². The van der Waals surface area contributed by atoms with Crippen molar-refractivity contribution < 1.29 is 23.8 Å². The number of nitrogens with zero attached hydrogens (tertiary/aromatic N) is 1. The molecule has 1 fully saturated rings. The highest BCUT2D eigenvalue weighted by molar-refractivity contribution is 5.90. The van der Waals surface area contributed by atoms with E-state index in [2.05, 4.69) is 11.4 Å². The second-order valence-corrected chi connectivity index (χ2v) is 6.00. The molecule has 0 saturated heterocycles. The van der Waals surface area contributed by atoms with Crippen molar-refractivity contribution >= 4 is 18.0 Å². The third kappa shape index (κ3) is 4.99. The molecule has 2 rings (SSSR count). The maximum atomic E-state index is 11.9. The summed E-state index contributed by atoms with van der Waals surface area (Å²) in [6, 6.07) is 7.33. The number of rotatable bonds is 7. The third-order valence-corrected chi connectivity index (χ3v) is 4.23. The van der Waals surface area contributed by atoms with Gasteiger partial charge < -0.3 is 19.5 Å². The number of amides is 1. The van der Waals surface area contributed by atoms with Gasteiger partial charge in [0, 0.05) is 11.6 Å². The summed E-state index contributed by atoms with van der Waals surface area (Å²) >= 11 is 0. The number of benzene rings is 1. The molecule has 1 aliphatic rings. The van der Waals surface area contributed by atoms with Crippen molar-refractivity contribution in [3.05, 3.63) is 29.8 Å². The van der Waals surface area contributed by atoms with Crippen LogP contribution in [0.3, 0.4) is 0 Å². The first-order chi connectivity index (χ1) is 12.5. The van der Waals surface area contributed by atoms with Crippen LogP contribution in [-0.4, -0.2) is 38.2 Å². The molecule has 0 atom stereocenters. The van der Waals surface area contributed by atoms with Crippen LogP contribution in [0.4, 0.5) is 0 Å². The number of esters is 1. The van der Waals surface area contributed by atoms with Crippen LogP contribution in [0.1, 0.15) is 31.2 Å². The molecule has 1 aliphatic carbocycles. The molecule has 1 N–H and O–H groups in total. The van der Waals surface area contributed by atoms with E-state index in [4.69, 9.17) is 14.2 Å². The van der Waals surface area contributed by atoms with Gasteiger partial charge in [0.05, 0.1) is 20.3 Å². The Bertz CT molecular complexity index is 730. The van der Waals surface area contributed by atoms with Gasteiger partial charge in [0.2, 0.25) is 0 Å². The molecule has 0 radical (unpaired) electrons. The van der Waals surface area contributed by atoms with Crippen molar-refractivity contribution in [3.63, 3.8) is 0 Å². The molecule has 1 aromatic rings. The maximum absolute atomic E-state index is 11.9. The number of methoxy groups -OCH3 is 2. The number of hydrogen-bond acceptors (Lipinski definition) is 6. The molecule has 0 spiro atoms. The quantitative estimate of drug-likeness (QED) is 0.593. The fourth-order valence-electron chi connectivity index (χ4n) is 2.86. The van der Waals surface area contributed by atoms with Gasteiger partial charge >= 0.3 is 5.97 Å². The predicted octanol–water partition coefficient (Wildman–Crippen LogP) is 2.21. The molecule has 0 unspecified atom stereocenters. The number of ether oxygens (including phenoxy) is 3. The summed E-state index contributed by atoms with van der Waals surface area (Å²) < 4.78 is 15.3. The second kappa shape index (κ2) is 8.90. The van der Waals surface area contributed by atoms with E-state index < -0.39 is 24.0 Å². The van der Waals surface area contributed by atoms with E-state index in [-0.39, 0.29) is 0 Å². The minimum Gasteiger partial charge on any atom is -0.497 e. The molecule has 0 bridgehead atoms. The van der Waals surface area contributed by atoms with Gasteiger partial charge in [-0.05, 0) is 50.0 Å². The van der Waals surface area contributed by atoms with Crippen molar-refractivity contribution in [2.75, 3.05) is 20.8 Å². The van der Waals surface area contributed by atoms with E-state index in [9.17, 15) is 14.9 Å². The summed E-state index contributed by atoms with van der Waals surface area (Å²) in [6.45, 7) is -0.429. The molecule has 1 amide bonds. The van der Waals surface area contributed by atoms with Crippen LogP contribution >= 0.6 is 0 Å². The zero-order valence-electron chi connectivity index (χ0n) is 14.9. The van der Waals surface area contributed by atoms with E-state index in [1.807, 2.05) is 0 Å². The molecule has 1 saturated carbocycles. The molecule has 7 nitrogen and oxygen atoms in total. The lowest BCUT2D eigenvalue weighted by Gasteiger charge is -2.21. The molecular weight excluding hydrogens is 336 g/mol. The van der Waals surface area contributed by atoms with E-state index >= 15 is 0 Å². The molecular formula is C19H22N2O5. The van der Waals surface area contributed by atoms with E-state index in [0.717, 1.165) is 12.8 Å². The first kappa shape index (κ1) is 19.3. The zero-order chi connectivity index (χ0) is 19.0. The second-order valence-electron chi connectivity index (χ2n) is 6.00. The standard InChI is InChI=1S/C19H22N2O5/c1-24-15-6-7-16(25-2)14(11-15)5-8-18(23)26-12-17(22)21-19(13-20)9-3-4-10-19/h5-8,11H,3-4,9-10,12H2,1-2H3,(H,21,22)/b8-5+. The maximum Gasteiger partial charge on any atom is 0.331 e. The van der Waals surface area contributed by atoms with Gasteiger partial charge in [0.25, 0.3) is 5.91 Å². The summed E-state index contributed by atoms with van der Waals surface area (Å²) in [5.41, 5.74) is -0.185. The fourth-order valence-corrected chi connectivity index (χ4v) is 2.86. The van der Waals surface area contributed by atoms with Crippen LogP contribution in [0.5, 0.6) is 11.5 Å². The lowest BCUT2D eigenvalue weighted by atomic mass is 10.00. The topological polar surface area (TPSA) is 97.7 Å². The summed E-state index contributed by atoms with van der Waals surface area (Å²) in [5.74, 6) is 0.0537. The van der Waals surface area contributed by atoms with Crippen LogP contribution in [0, 0.1) is 11.3 Å². The van der Waals surface area contributed by atoms with Crippen LogP contribution < -0.4 is 14.8 Å². The van der Waals surface area contributed by atoms with Crippen LogP contribution in [0.15, 0.2) is 24.3 Å². The molecule has 138 valence electrons. The average molecular weight is 358 g/mol. The number of carbonyl (C=O) groups excluding carboxylic acids is 2. The summed E-state index contributed by atoms with van der Waals surface area (Å²) in [6.07, 6.45) is 5.78. The van der Waals surface area contributed by atoms with E-state index in [0.29, 0.717) is 29.9 Å². The third-order valence-electron chi connectivity index (χ3n) is 4.23. The minimum atomic E-state index is -0.826. The van der Waals surface area contributed by atoms with Gasteiger partial charge in [0.1, 0.15) is 17.0 Å². The lowest BCUT2D eigenvalue weighted by Crippen LogP contribution is -2.46. The van der Waals surface area contributed by atoms with Gasteiger partial charge in [-0.15, -0.1) is 0 Å². The van der Waals surface area contributed by atoms with E-state index in [1.165, 1.54) is 19.3 Å². The normalized spacial score (nSPS) is 15.3. The average Bonchev–Trinajstić information content (AvgIpc) is 3.13. The Morgan fingerprint density at radius 3 is 2.62 bits per heavy atom. The predicted molar refractivity (Wildman–Crippen MR) is 94.5 cm³/mol. The highest BCUT2D eigenvalue weighted by Gasteiger charge is 2.35. The van der Waals surface area contributed by atoms with Crippen LogP contribution in [0.2, 0.25) is 0 Å². The Hall–Kier alpha value is -3.01. The SMILES string of the molecule is COc1ccc(OC)c(/C=C/C(=O)OCC(=O)NC2(C#N)CCCC2)c1. The zero-order valence-corrected chi connectivity index (χ0v) is 14.9. The van der Waals surface area contributed by atoms with Gasteiger partial charge in [0.15, 0.2) is 6.61 Å². The molecule has 26 heavy (non-hydrogen) atoms. The molecule has 0 aromatic heterocycles. The highest BCUT2D eigenvalue weighted by atomic mass is 16.5. The molecule has 0 aliphatic heterocycles. The van der Waals surface area contributed by atoms with Crippen molar-refractivity contribution in [1.29, 1.82) is 5.26 Å². The number of hydrogen-bond donors (Lipinski definition) is 1. The van der Waals surface area contributed by atoms with Crippen molar-refractivity contribution in [1.82, 2.24) is 5.32 Å². The number of nitriles is 1. The molecule has 1 aromatic carbocycles. The van der Waals surface area contributed by atoms with Gasteiger partial charge in [-0.25, -0.2) is 4.79 Å². The van der Waals surface area contributed by atoms with E-state index in [1.54, 1.807) is 25.3 Å². The van der Waals surface area contributed by atoms with Crippen molar-refractivity contribution in [2.45, 2.75) is 31.2 Å². The Labute approximate surface area is 152 Å². The largest absolute Gasteiger partial charge is 0.497 e. The number of nitrogens with one attached hydrogen (secondary N) is 1. The fraction of sp³-hybridized carbons (Fsp3) is 0.421. The Balaban J connectivity index is 1.89. The van der Waals surface area contributed by atoms with Crippen molar-refractivity contribution in [3.8, 4) is 17.6 Å². The van der Waals surface area contributed by atoms with Crippen molar-refractivity contribution in [2.24, 2.45) is 0 Å². The highest BCUT2D eigenvalue weighted by Crippen LogP contribution is 2.28. The number of carbonyl (C=O) groups is 2. The van der Waals surface area contributed by atoms with Gasteiger partial charge in [-0.2, -0.15) is 5.26 Å². The summed E-state index contributed by atoms with van der Waals surface area (Å²) in [5, 5.41) is 11.9. The lowest BCUT2D eigenvalue weighted by molar-refractivity contribution is -0.144. The Morgan fingerprint density at radius 1 is 1.27 bits per heavy atom. The first-order valence-corrected chi connectivity index (χ1v) is 8.31. The van der Waals surface area contributed by atoms with Crippen LogP contribution in [0.25, 0.3) is 6.08 Å². The Kier molecular flexibility index (Phi) is 6.61. The summed E-state index contributed by atoms with van der Waals surface area (Å²) in [4.78, 5) is 23.8. The minimum absolute atomic E-state index is 0.429. The monoisotopic (exact) mass is 358 g/mol. The first-order valence-electron chi connectivity index (χ1n) is 8.31. The smallest absolute Gasteiger partial charge is 0.331 e. The van der Waals surface area contributed by atoms with Gasteiger partial charge in [-0.3, -0.25) is 4.79 Å². The van der Waals surface area contributed by atoms with Crippen LogP contribution in [-0.2, 0) is 14.3 Å². The molecule has 7 heteroatoms. The summed E-state index contributed by atoms with van der Waals surface area (Å²) in [7, 11) is 3.07. The molecule has 0 heterocycles. The Morgan fingerprint density at radius 2 is 2.00 bits per heavy atom.